The summed E-state index contributed by atoms with van der Waals surface area (Å²) in [6.07, 6.45) is 1.69. The van der Waals surface area contributed by atoms with Crippen LogP contribution in [0.15, 0.2) is 47.3 Å². The molecule has 6 nitrogen and oxygen atoms in total. The van der Waals surface area contributed by atoms with Crippen LogP contribution in [-0.4, -0.2) is 45.7 Å². The Kier molecular flexibility index (Phi) is 4.56. The number of likely N-dealkylation sites (N-methyl/N-ethyl adjacent to an activating group) is 1. The van der Waals surface area contributed by atoms with Crippen LogP contribution in [0.4, 0.5) is 0 Å². The molecule has 0 unspecified atom stereocenters. The van der Waals surface area contributed by atoms with Gasteiger partial charge in [-0.05, 0) is 36.6 Å². The van der Waals surface area contributed by atoms with Crippen molar-refractivity contribution in [3.63, 3.8) is 0 Å². The minimum atomic E-state index is -0.357. The zero-order valence-electron chi connectivity index (χ0n) is 16.6. The minimum Gasteiger partial charge on any atom is -0.396 e. The number of aliphatic hydroxyl groups excluding tert-OH is 1. The molecule has 5 rings (SSSR count). The van der Waals surface area contributed by atoms with Crippen LogP contribution in [0.3, 0.4) is 0 Å². The summed E-state index contributed by atoms with van der Waals surface area (Å²) in [6.45, 7) is 3.35. The second-order valence-corrected chi connectivity index (χ2v) is 8.50. The van der Waals surface area contributed by atoms with Gasteiger partial charge in [-0.15, -0.1) is 0 Å². The molecule has 1 aliphatic carbocycles. The van der Waals surface area contributed by atoms with E-state index in [-0.39, 0.29) is 48.0 Å². The van der Waals surface area contributed by atoms with Crippen LogP contribution < -0.4 is 10.9 Å². The average molecular weight is 393 g/mol. The van der Waals surface area contributed by atoms with Crippen LogP contribution in [-0.2, 0) is 24.2 Å². The molecule has 0 saturated carbocycles. The molecule has 2 bridgehead atoms. The maximum Gasteiger partial charge on any atom is 0.250 e. The zero-order valence-corrected chi connectivity index (χ0v) is 16.6. The van der Waals surface area contributed by atoms with Crippen molar-refractivity contribution in [3.05, 3.63) is 69.6 Å². The first kappa shape index (κ1) is 18.6. The van der Waals surface area contributed by atoms with Crippen molar-refractivity contribution >= 4 is 5.91 Å². The third-order valence-corrected chi connectivity index (χ3v) is 7.11. The highest BCUT2D eigenvalue weighted by atomic mass is 16.3. The number of amides is 1. The molecule has 4 atom stereocenters. The van der Waals surface area contributed by atoms with Crippen LogP contribution in [0.2, 0.25) is 0 Å². The highest BCUT2D eigenvalue weighted by Gasteiger charge is 2.55. The van der Waals surface area contributed by atoms with Gasteiger partial charge in [0.25, 0.3) is 5.56 Å². The Morgan fingerprint density at radius 3 is 2.52 bits per heavy atom. The number of pyridine rings is 1. The van der Waals surface area contributed by atoms with E-state index in [1.54, 1.807) is 16.7 Å². The highest BCUT2D eigenvalue weighted by molar-refractivity contribution is 5.81. The Balaban J connectivity index is 1.45. The normalized spacial score (nSPS) is 28.2. The number of aromatic nitrogens is 1. The van der Waals surface area contributed by atoms with Crippen molar-refractivity contribution in [1.82, 2.24) is 14.8 Å². The number of rotatable bonds is 4. The maximum absolute atomic E-state index is 13.5. The van der Waals surface area contributed by atoms with Crippen molar-refractivity contribution in [2.24, 2.45) is 11.8 Å². The van der Waals surface area contributed by atoms with E-state index in [1.165, 1.54) is 11.1 Å². The molecule has 3 aliphatic rings. The maximum atomic E-state index is 13.5. The number of hydrogen-bond donors (Lipinski definition) is 2. The SMILES string of the molecule is CCN1[C@@H]2c3cccc(=O)n3C[C@H]1[C@H](CO)[C@H]2C(=O)NC1Cc2ccccc2C1. The number of fused-ring (bicyclic) bond motifs is 5. The van der Waals surface area contributed by atoms with Crippen molar-refractivity contribution in [1.29, 1.82) is 0 Å². The van der Waals surface area contributed by atoms with Gasteiger partial charge in [-0.2, -0.15) is 0 Å². The summed E-state index contributed by atoms with van der Waals surface area (Å²) in [4.78, 5) is 28.2. The number of nitrogens with zero attached hydrogens (tertiary/aromatic N) is 2. The summed E-state index contributed by atoms with van der Waals surface area (Å²) in [5.41, 5.74) is 3.46. The van der Waals surface area contributed by atoms with Crippen LogP contribution >= 0.6 is 0 Å². The fourth-order valence-electron chi connectivity index (χ4n) is 5.87. The van der Waals surface area contributed by atoms with Gasteiger partial charge in [-0.25, -0.2) is 0 Å². The number of benzene rings is 1. The summed E-state index contributed by atoms with van der Waals surface area (Å²) < 4.78 is 1.79. The molecule has 3 heterocycles. The summed E-state index contributed by atoms with van der Waals surface area (Å²) in [5, 5.41) is 13.5. The molecule has 6 heteroatoms. The van der Waals surface area contributed by atoms with Gasteiger partial charge >= 0.3 is 0 Å². The topological polar surface area (TPSA) is 74.6 Å². The van der Waals surface area contributed by atoms with Crippen molar-refractivity contribution < 1.29 is 9.90 Å². The summed E-state index contributed by atoms with van der Waals surface area (Å²) in [7, 11) is 0. The van der Waals surface area contributed by atoms with Gasteiger partial charge in [-0.3, -0.25) is 14.5 Å². The fourth-order valence-corrected chi connectivity index (χ4v) is 5.87. The van der Waals surface area contributed by atoms with Gasteiger partial charge in [0.15, 0.2) is 0 Å². The first-order valence-corrected chi connectivity index (χ1v) is 10.6. The lowest BCUT2D eigenvalue weighted by Gasteiger charge is -2.37. The Morgan fingerprint density at radius 2 is 1.86 bits per heavy atom. The first-order chi connectivity index (χ1) is 14.1. The van der Waals surface area contributed by atoms with Crippen LogP contribution in [0.25, 0.3) is 0 Å². The van der Waals surface area contributed by atoms with Crippen LogP contribution in [0.1, 0.15) is 29.8 Å². The quantitative estimate of drug-likeness (QED) is 0.816. The van der Waals surface area contributed by atoms with E-state index >= 15 is 0 Å². The number of carbonyl (C=O) groups is 1. The highest BCUT2D eigenvalue weighted by Crippen LogP contribution is 2.48. The van der Waals surface area contributed by atoms with Crippen molar-refractivity contribution in [2.75, 3.05) is 13.2 Å². The Morgan fingerprint density at radius 1 is 1.14 bits per heavy atom. The molecule has 2 aromatic rings. The molecule has 1 aromatic heterocycles. The number of hydrogen-bond acceptors (Lipinski definition) is 4. The standard InChI is InChI=1S/C23H27N3O3/c1-2-25-19-12-26-18(8-5-9-20(26)28)22(25)21(17(19)13-27)23(29)24-16-10-14-6-3-4-7-15(14)11-16/h3-9,16-17,19,21-22,27H,2,10-13H2,1H3,(H,24,29)/t17-,19-,21+,22+/m0/s1. The second kappa shape index (κ2) is 7.11. The van der Waals surface area contributed by atoms with E-state index in [9.17, 15) is 14.7 Å². The predicted molar refractivity (Wildman–Crippen MR) is 109 cm³/mol. The number of aliphatic hydroxyl groups is 1. The predicted octanol–water partition coefficient (Wildman–Crippen LogP) is 1.12. The van der Waals surface area contributed by atoms with E-state index in [4.69, 9.17) is 0 Å². The van der Waals surface area contributed by atoms with E-state index in [1.807, 2.05) is 18.2 Å². The fraction of sp³-hybridized carbons (Fsp3) is 0.478. The van der Waals surface area contributed by atoms with Gasteiger partial charge in [0.05, 0.1) is 12.0 Å². The van der Waals surface area contributed by atoms with Gasteiger partial charge < -0.3 is 15.0 Å². The lowest BCUT2D eigenvalue weighted by Crippen LogP contribution is -2.46. The van der Waals surface area contributed by atoms with Gasteiger partial charge in [0.1, 0.15) is 0 Å². The Bertz CT molecular complexity index is 976. The second-order valence-electron chi connectivity index (χ2n) is 8.50. The van der Waals surface area contributed by atoms with Crippen LogP contribution in [0.5, 0.6) is 0 Å². The lowest BCUT2D eigenvalue weighted by molar-refractivity contribution is -0.128. The van der Waals surface area contributed by atoms with Gasteiger partial charge in [0.2, 0.25) is 5.91 Å². The molecular weight excluding hydrogens is 366 g/mol. The zero-order chi connectivity index (χ0) is 20.1. The Hall–Kier alpha value is -2.44. The largest absolute Gasteiger partial charge is 0.396 e. The molecular formula is C23H27N3O3. The molecule has 1 aromatic carbocycles. The molecule has 2 N–H and O–H groups in total. The third kappa shape index (κ3) is 2.85. The van der Waals surface area contributed by atoms with E-state index in [0.29, 0.717) is 6.54 Å². The summed E-state index contributed by atoms with van der Waals surface area (Å²) in [5.74, 6) is -0.537. The first-order valence-electron chi connectivity index (χ1n) is 10.6. The molecule has 1 amide bonds. The molecule has 0 radical (unpaired) electrons. The van der Waals surface area contributed by atoms with Crippen LogP contribution in [0, 0.1) is 11.8 Å². The molecule has 1 saturated heterocycles. The van der Waals surface area contributed by atoms with E-state index in [0.717, 1.165) is 25.1 Å². The number of carbonyl (C=O) groups excluding carboxylic acids is 1. The molecule has 1 fully saturated rings. The minimum absolute atomic E-state index is 0.000810. The number of nitrogens with one attached hydrogen (secondary N) is 1. The van der Waals surface area contributed by atoms with E-state index < -0.39 is 0 Å². The third-order valence-electron chi connectivity index (χ3n) is 7.11. The molecule has 2 aliphatic heterocycles. The van der Waals surface area contributed by atoms with Crippen molar-refractivity contribution in [2.45, 2.75) is 44.4 Å². The average Bonchev–Trinajstić information content (AvgIpc) is 3.23. The Labute approximate surface area is 170 Å². The lowest BCUT2D eigenvalue weighted by atomic mass is 9.86. The smallest absolute Gasteiger partial charge is 0.250 e. The van der Waals surface area contributed by atoms with Crippen molar-refractivity contribution in [3.8, 4) is 0 Å². The summed E-state index contributed by atoms with van der Waals surface area (Å²) >= 11 is 0. The summed E-state index contributed by atoms with van der Waals surface area (Å²) in [6, 6.07) is 13.6. The molecule has 29 heavy (non-hydrogen) atoms. The van der Waals surface area contributed by atoms with Gasteiger partial charge in [0, 0.05) is 42.9 Å². The molecule has 152 valence electrons. The van der Waals surface area contributed by atoms with Gasteiger partial charge in [-0.1, -0.05) is 37.3 Å². The monoisotopic (exact) mass is 393 g/mol. The van der Waals surface area contributed by atoms with E-state index in [2.05, 4.69) is 29.3 Å². The molecule has 0 spiro atoms.